The van der Waals surface area contributed by atoms with Crippen molar-refractivity contribution in [2.75, 3.05) is 19.0 Å². The van der Waals surface area contributed by atoms with Gasteiger partial charge in [0.1, 0.15) is 10.8 Å². The van der Waals surface area contributed by atoms with Crippen LogP contribution >= 0.6 is 11.3 Å². The summed E-state index contributed by atoms with van der Waals surface area (Å²) in [6.07, 6.45) is 0.445. The number of ether oxygens (including phenoxy) is 1. The molecule has 0 bridgehead atoms. The van der Waals surface area contributed by atoms with Gasteiger partial charge < -0.3 is 10.1 Å². The van der Waals surface area contributed by atoms with Gasteiger partial charge in [-0.05, 0) is 30.3 Å². The number of nitrogens with zero attached hydrogens (tertiary/aromatic N) is 3. The summed E-state index contributed by atoms with van der Waals surface area (Å²) in [6.45, 7) is 0.348. The van der Waals surface area contributed by atoms with Gasteiger partial charge in [-0.1, -0.05) is 17.4 Å². The number of non-ortho nitro benzene ring substituents is 1. The van der Waals surface area contributed by atoms with E-state index in [1.54, 1.807) is 24.3 Å². The smallest absolute Gasteiger partial charge is 0.269 e. The van der Waals surface area contributed by atoms with Gasteiger partial charge in [-0.15, -0.1) is 10.2 Å². The fourth-order valence-corrected chi connectivity index (χ4v) is 3.19. The van der Waals surface area contributed by atoms with Crippen LogP contribution in [0.1, 0.15) is 25.7 Å². The van der Waals surface area contributed by atoms with E-state index >= 15 is 0 Å². The summed E-state index contributed by atoms with van der Waals surface area (Å²) < 4.78 is 5.10. The lowest BCUT2D eigenvalue weighted by atomic mass is 10.2. The first-order valence-corrected chi connectivity index (χ1v) is 9.58. The number of nitro benzene ring substituents is 1. The third kappa shape index (κ3) is 5.35. The van der Waals surface area contributed by atoms with Gasteiger partial charge in [0.25, 0.3) is 17.5 Å². The lowest BCUT2D eigenvalue weighted by molar-refractivity contribution is -0.384. The molecular weight excluding hydrogens is 410 g/mol. The van der Waals surface area contributed by atoms with Gasteiger partial charge >= 0.3 is 0 Å². The van der Waals surface area contributed by atoms with E-state index in [4.69, 9.17) is 4.74 Å². The predicted molar refractivity (Wildman–Crippen MR) is 110 cm³/mol. The quantitative estimate of drug-likeness (QED) is 0.416. The molecule has 11 heteroatoms. The molecule has 10 nitrogen and oxygen atoms in total. The topological polar surface area (TPSA) is 136 Å². The van der Waals surface area contributed by atoms with Crippen molar-refractivity contribution in [3.63, 3.8) is 0 Å². The van der Waals surface area contributed by atoms with Crippen molar-refractivity contribution in [2.45, 2.75) is 6.42 Å². The SMILES string of the molecule is COc1cccc(C(=O)NCCc2nnc(NC(=O)c3ccc([N+](=O)[O-])cc3)s2)c1. The van der Waals surface area contributed by atoms with Crippen molar-refractivity contribution in [1.82, 2.24) is 15.5 Å². The Morgan fingerprint density at radius 1 is 1.10 bits per heavy atom. The number of methoxy groups -OCH3 is 1. The first kappa shape index (κ1) is 20.9. The Balaban J connectivity index is 1.50. The van der Waals surface area contributed by atoms with Gasteiger partial charge in [-0.2, -0.15) is 0 Å². The number of nitro groups is 1. The van der Waals surface area contributed by atoms with Crippen LogP contribution in [0.4, 0.5) is 10.8 Å². The normalized spacial score (nSPS) is 10.3. The summed E-state index contributed by atoms with van der Waals surface area (Å²) in [4.78, 5) is 34.5. The van der Waals surface area contributed by atoms with Crippen molar-refractivity contribution in [1.29, 1.82) is 0 Å². The van der Waals surface area contributed by atoms with E-state index in [0.29, 0.717) is 34.4 Å². The fourth-order valence-electron chi connectivity index (χ4n) is 2.46. The third-order valence-electron chi connectivity index (χ3n) is 3.98. The summed E-state index contributed by atoms with van der Waals surface area (Å²) in [6, 6.07) is 12.1. The van der Waals surface area contributed by atoms with Crippen molar-refractivity contribution < 1.29 is 19.2 Å². The molecule has 2 aromatic carbocycles. The molecule has 2 N–H and O–H groups in total. The van der Waals surface area contributed by atoms with Crippen LogP contribution in [0.5, 0.6) is 5.75 Å². The van der Waals surface area contributed by atoms with Gasteiger partial charge in [-0.25, -0.2) is 0 Å². The molecule has 0 aliphatic rings. The van der Waals surface area contributed by atoms with Crippen molar-refractivity contribution in [3.8, 4) is 5.75 Å². The van der Waals surface area contributed by atoms with E-state index in [-0.39, 0.29) is 17.2 Å². The third-order valence-corrected chi connectivity index (χ3v) is 4.88. The minimum Gasteiger partial charge on any atom is -0.497 e. The average molecular weight is 427 g/mol. The summed E-state index contributed by atoms with van der Waals surface area (Å²) in [7, 11) is 1.53. The maximum absolute atomic E-state index is 12.2. The molecule has 0 saturated heterocycles. The molecule has 0 spiro atoms. The largest absolute Gasteiger partial charge is 0.497 e. The Hall–Kier alpha value is -3.86. The van der Waals surface area contributed by atoms with Crippen LogP contribution in [0, 0.1) is 10.1 Å². The highest BCUT2D eigenvalue weighted by Gasteiger charge is 2.13. The number of hydrogen-bond acceptors (Lipinski definition) is 8. The molecule has 1 heterocycles. The zero-order chi connectivity index (χ0) is 21.5. The van der Waals surface area contributed by atoms with Crippen molar-refractivity contribution >= 4 is 34.0 Å². The number of nitrogens with one attached hydrogen (secondary N) is 2. The van der Waals surface area contributed by atoms with E-state index in [1.165, 1.54) is 42.7 Å². The van der Waals surface area contributed by atoms with Crippen LogP contribution in [0.15, 0.2) is 48.5 Å². The standard InChI is InChI=1S/C19H17N5O5S/c1-29-15-4-2-3-13(11-15)17(25)20-10-9-16-22-23-19(30-16)21-18(26)12-5-7-14(8-6-12)24(27)28/h2-8,11H,9-10H2,1H3,(H,20,25)(H,21,23,26). The molecule has 0 radical (unpaired) electrons. The number of amides is 2. The van der Waals surface area contributed by atoms with E-state index in [2.05, 4.69) is 20.8 Å². The molecule has 2 amide bonds. The maximum atomic E-state index is 12.2. The Morgan fingerprint density at radius 2 is 1.87 bits per heavy atom. The number of benzene rings is 2. The molecule has 3 rings (SSSR count). The summed E-state index contributed by atoms with van der Waals surface area (Å²) in [5.41, 5.74) is 0.659. The Kier molecular flexibility index (Phi) is 6.65. The van der Waals surface area contributed by atoms with Crippen LogP contribution in [-0.2, 0) is 6.42 Å². The van der Waals surface area contributed by atoms with Gasteiger partial charge in [0.15, 0.2) is 0 Å². The Morgan fingerprint density at radius 3 is 2.57 bits per heavy atom. The second kappa shape index (κ2) is 9.56. The van der Waals surface area contributed by atoms with E-state index in [9.17, 15) is 19.7 Å². The van der Waals surface area contributed by atoms with Gasteiger partial charge in [-0.3, -0.25) is 25.0 Å². The Bertz CT molecular complexity index is 1070. The summed E-state index contributed by atoms with van der Waals surface area (Å²) in [5, 5.41) is 24.9. The second-order valence-electron chi connectivity index (χ2n) is 6.00. The van der Waals surface area contributed by atoms with Crippen molar-refractivity contribution in [3.05, 3.63) is 74.8 Å². The molecule has 0 unspecified atom stereocenters. The average Bonchev–Trinajstić information content (AvgIpc) is 3.20. The van der Waals surface area contributed by atoms with Crippen molar-refractivity contribution in [2.24, 2.45) is 0 Å². The van der Waals surface area contributed by atoms with E-state index in [0.717, 1.165) is 0 Å². The highest BCUT2D eigenvalue weighted by molar-refractivity contribution is 7.15. The molecule has 3 aromatic rings. The lowest BCUT2D eigenvalue weighted by Gasteiger charge is -2.05. The molecule has 30 heavy (non-hydrogen) atoms. The van der Waals surface area contributed by atoms with Crippen LogP contribution in [0.3, 0.4) is 0 Å². The molecule has 0 fully saturated rings. The number of hydrogen-bond donors (Lipinski definition) is 2. The van der Waals surface area contributed by atoms with Gasteiger partial charge in [0.2, 0.25) is 5.13 Å². The molecule has 0 aliphatic heterocycles. The Labute approximate surface area is 175 Å². The molecule has 0 saturated carbocycles. The lowest BCUT2D eigenvalue weighted by Crippen LogP contribution is -2.25. The molecular formula is C19H17N5O5S. The number of carbonyl (C=O) groups excluding carboxylic acids is 2. The monoisotopic (exact) mass is 427 g/mol. The van der Waals surface area contributed by atoms with Crippen LogP contribution < -0.4 is 15.4 Å². The zero-order valence-corrected chi connectivity index (χ0v) is 16.6. The number of aromatic nitrogens is 2. The van der Waals surface area contributed by atoms with Crippen LogP contribution in [-0.4, -0.2) is 40.6 Å². The molecule has 0 aliphatic carbocycles. The summed E-state index contributed by atoms with van der Waals surface area (Å²) >= 11 is 1.18. The van der Waals surface area contributed by atoms with Gasteiger partial charge in [0, 0.05) is 36.2 Å². The minimum absolute atomic E-state index is 0.0965. The second-order valence-corrected chi connectivity index (χ2v) is 7.06. The highest BCUT2D eigenvalue weighted by atomic mass is 32.1. The predicted octanol–water partition coefficient (Wildman–Crippen LogP) is 2.68. The number of rotatable bonds is 8. The van der Waals surface area contributed by atoms with Crippen LogP contribution in [0.2, 0.25) is 0 Å². The minimum atomic E-state index is -0.536. The van der Waals surface area contributed by atoms with E-state index < -0.39 is 10.8 Å². The molecule has 0 atom stereocenters. The van der Waals surface area contributed by atoms with E-state index in [1.807, 2.05) is 0 Å². The maximum Gasteiger partial charge on any atom is 0.269 e. The van der Waals surface area contributed by atoms with Crippen LogP contribution in [0.25, 0.3) is 0 Å². The fraction of sp³-hybridized carbons (Fsp3) is 0.158. The molecule has 1 aromatic heterocycles. The first-order chi connectivity index (χ1) is 14.5. The van der Waals surface area contributed by atoms with Gasteiger partial charge in [0.05, 0.1) is 12.0 Å². The summed E-state index contributed by atoms with van der Waals surface area (Å²) in [5.74, 6) is -0.0794. The molecule has 154 valence electrons. The number of anilines is 1. The zero-order valence-electron chi connectivity index (χ0n) is 15.8. The first-order valence-electron chi connectivity index (χ1n) is 8.76. The number of carbonyl (C=O) groups is 2. The highest BCUT2D eigenvalue weighted by Crippen LogP contribution is 2.18.